The molecule has 2 aromatic heterocycles. The Morgan fingerprint density at radius 2 is 1.45 bits per heavy atom. The van der Waals surface area contributed by atoms with Crippen LogP contribution in [0.1, 0.15) is 25.7 Å². The molecule has 2 nitrogen and oxygen atoms in total. The predicted octanol–water partition coefficient (Wildman–Crippen LogP) is 4.96. The standard InChI is InChI=1S/C18H17NOS2/c1-14-6-8-15(9-7-14)18(20)19(12-16-4-2-10-21-16)13-17-5-3-11-22-17/h2-11H,12-13H2,1H3. The first-order chi connectivity index (χ1) is 10.7. The van der Waals surface area contributed by atoms with Crippen molar-refractivity contribution < 1.29 is 4.79 Å². The van der Waals surface area contributed by atoms with E-state index >= 15 is 0 Å². The minimum absolute atomic E-state index is 0.0850. The highest BCUT2D eigenvalue weighted by atomic mass is 32.1. The molecule has 0 radical (unpaired) electrons. The minimum Gasteiger partial charge on any atom is -0.328 e. The molecule has 112 valence electrons. The Morgan fingerprint density at radius 3 is 1.91 bits per heavy atom. The Bertz CT molecular complexity index is 679. The van der Waals surface area contributed by atoms with E-state index in [-0.39, 0.29) is 5.91 Å². The fourth-order valence-electron chi connectivity index (χ4n) is 2.26. The zero-order valence-electron chi connectivity index (χ0n) is 12.4. The lowest BCUT2D eigenvalue weighted by molar-refractivity contribution is 0.0733. The van der Waals surface area contributed by atoms with Crippen LogP contribution >= 0.6 is 22.7 Å². The van der Waals surface area contributed by atoms with E-state index < -0.39 is 0 Å². The van der Waals surface area contributed by atoms with Gasteiger partial charge in [-0.3, -0.25) is 4.79 Å². The summed E-state index contributed by atoms with van der Waals surface area (Å²) in [6, 6.07) is 16.0. The molecule has 22 heavy (non-hydrogen) atoms. The second-order valence-electron chi connectivity index (χ2n) is 5.19. The average molecular weight is 327 g/mol. The molecular formula is C18H17NOS2. The molecular weight excluding hydrogens is 310 g/mol. The number of nitrogens with zero attached hydrogens (tertiary/aromatic N) is 1. The first-order valence-electron chi connectivity index (χ1n) is 7.13. The smallest absolute Gasteiger partial charge is 0.254 e. The van der Waals surface area contributed by atoms with E-state index in [1.807, 2.05) is 48.2 Å². The number of carbonyl (C=O) groups is 1. The van der Waals surface area contributed by atoms with Crippen molar-refractivity contribution in [2.75, 3.05) is 0 Å². The molecule has 1 amide bonds. The molecule has 3 aromatic rings. The normalized spacial score (nSPS) is 10.6. The van der Waals surface area contributed by atoms with Gasteiger partial charge in [-0.05, 0) is 41.9 Å². The van der Waals surface area contributed by atoms with Crippen molar-refractivity contribution in [2.45, 2.75) is 20.0 Å². The molecule has 0 aliphatic rings. The van der Waals surface area contributed by atoms with Crippen LogP contribution in [0.15, 0.2) is 59.3 Å². The lowest BCUT2D eigenvalue weighted by Gasteiger charge is -2.21. The van der Waals surface area contributed by atoms with E-state index in [1.54, 1.807) is 22.7 Å². The number of benzene rings is 1. The molecule has 0 aliphatic heterocycles. The summed E-state index contributed by atoms with van der Waals surface area (Å²) >= 11 is 3.38. The summed E-state index contributed by atoms with van der Waals surface area (Å²) in [5.41, 5.74) is 1.92. The van der Waals surface area contributed by atoms with Crippen LogP contribution in [0.5, 0.6) is 0 Å². The molecule has 3 rings (SSSR count). The summed E-state index contributed by atoms with van der Waals surface area (Å²) in [6.07, 6.45) is 0. The van der Waals surface area contributed by atoms with E-state index in [0.29, 0.717) is 13.1 Å². The molecule has 0 spiro atoms. The minimum atomic E-state index is 0.0850. The van der Waals surface area contributed by atoms with Crippen LogP contribution in [0.25, 0.3) is 0 Å². The van der Waals surface area contributed by atoms with E-state index in [9.17, 15) is 4.79 Å². The highest BCUT2D eigenvalue weighted by molar-refractivity contribution is 7.10. The van der Waals surface area contributed by atoms with Gasteiger partial charge in [0.15, 0.2) is 0 Å². The van der Waals surface area contributed by atoms with Gasteiger partial charge in [-0.2, -0.15) is 0 Å². The lowest BCUT2D eigenvalue weighted by Crippen LogP contribution is -2.29. The molecule has 0 aliphatic carbocycles. The number of carbonyl (C=O) groups excluding carboxylic acids is 1. The summed E-state index contributed by atoms with van der Waals surface area (Å²) in [7, 11) is 0. The van der Waals surface area contributed by atoms with Gasteiger partial charge in [-0.1, -0.05) is 29.8 Å². The third-order valence-electron chi connectivity index (χ3n) is 3.44. The molecule has 4 heteroatoms. The quantitative estimate of drug-likeness (QED) is 0.648. The summed E-state index contributed by atoms with van der Waals surface area (Å²) < 4.78 is 0. The van der Waals surface area contributed by atoms with Gasteiger partial charge < -0.3 is 4.90 Å². The van der Waals surface area contributed by atoms with E-state index in [2.05, 4.69) is 22.9 Å². The average Bonchev–Trinajstić information content (AvgIpc) is 3.20. The largest absolute Gasteiger partial charge is 0.328 e. The molecule has 1 aromatic carbocycles. The monoisotopic (exact) mass is 327 g/mol. The number of aryl methyl sites for hydroxylation is 1. The molecule has 2 heterocycles. The van der Waals surface area contributed by atoms with Crippen molar-refractivity contribution in [3.8, 4) is 0 Å². The van der Waals surface area contributed by atoms with Crippen LogP contribution < -0.4 is 0 Å². The fraction of sp³-hybridized carbons (Fsp3) is 0.167. The zero-order chi connectivity index (χ0) is 15.4. The maximum absolute atomic E-state index is 12.8. The van der Waals surface area contributed by atoms with Crippen LogP contribution in [0.4, 0.5) is 0 Å². The Hall–Kier alpha value is -1.91. The first-order valence-corrected chi connectivity index (χ1v) is 8.89. The summed E-state index contributed by atoms with van der Waals surface area (Å²) in [6.45, 7) is 3.34. The SMILES string of the molecule is Cc1ccc(C(=O)N(Cc2cccs2)Cc2cccs2)cc1. The maximum Gasteiger partial charge on any atom is 0.254 e. The maximum atomic E-state index is 12.8. The Morgan fingerprint density at radius 1 is 0.909 bits per heavy atom. The number of rotatable bonds is 5. The van der Waals surface area contributed by atoms with Crippen LogP contribution in [0, 0.1) is 6.92 Å². The molecule has 0 fully saturated rings. The van der Waals surface area contributed by atoms with Crippen molar-refractivity contribution in [2.24, 2.45) is 0 Å². The second kappa shape index (κ2) is 6.90. The van der Waals surface area contributed by atoms with Gasteiger partial charge in [0.25, 0.3) is 5.91 Å². The van der Waals surface area contributed by atoms with E-state index in [4.69, 9.17) is 0 Å². The Kier molecular flexibility index (Phi) is 4.71. The lowest BCUT2D eigenvalue weighted by atomic mass is 10.1. The van der Waals surface area contributed by atoms with Crippen molar-refractivity contribution in [1.29, 1.82) is 0 Å². The van der Waals surface area contributed by atoms with Gasteiger partial charge >= 0.3 is 0 Å². The van der Waals surface area contributed by atoms with Gasteiger partial charge in [-0.15, -0.1) is 22.7 Å². The first kappa shape index (κ1) is 15.0. The number of amides is 1. The molecule has 0 N–H and O–H groups in total. The van der Waals surface area contributed by atoms with Gasteiger partial charge in [-0.25, -0.2) is 0 Å². The highest BCUT2D eigenvalue weighted by Crippen LogP contribution is 2.19. The Balaban J connectivity index is 1.83. The van der Waals surface area contributed by atoms with Crippen LogP contribution in [-0.2, 0) is 13.1 Å². The van der Waals surface area contributed by atoms with Crippen LogP contribution in [-0.4, -0.2) is 10.8 Å². The topological polar surface area (TPSA) is 20.3 Å². The van der Waals surface area contributed by atoms with E-state index in [0.717, 1.165) is 5.56 Å². The van der Waals surface area contributed by atoms with Crippen molar-refractivity contribution in [3.63, 3.8) is 0 Å². The van der Waals surface area contributed by atoms with Gasteiger partial charge in [0.05, 0.1) is 13.1 Å². The number of hydrogen-bond donors (Lipinski definition) is 0. The second-order valence-corrected chi connectivity index (χ2v) is 7.25. The third kappa shape index (κ3) is 3.64. The zero-order valence-corrected chi connectivity index (χ0v) is 14.0. The van der Waals surface area contributed by atoms with Crippen molar-refractivity contribution in [3.05, 3.63) is 80.2 Å². The predicted molar refractivity (Wildman–Crippen MR) is 93.4 cm³/mol. The van der Waals surface area contributed by atoms with Crippen molar-refractivity contribution in [1.82, 2.24) is 4.90 Å². The van der Waals surface area contributed by atoms with Crippen LogP contribution in [0.3, 0.4) is 0 Å². The third-order valence-corrected chi connectivity index (χ3v) is 5.16. The van der Waals surface area contributed by atoms with Gasteiger partial charge in [0.1, 0.15) is 0 Å². The highest BCUT2D eigenvalue weighted by Gasteiger charge is 2.17. The molecule has 0 saturated carbocycles. The Labute approximate surface area is 138 Å². The summed E-state index contributed by atoms with van der Waals surface area (Å²) in [5, 5.41) is 4.10. The fourth-order valence-corrected chi connectivity index (χ4v) is 3.70. The van der Waals surface area contributed by atoms with Crippen molar-refractivity contribution >= 4 is 28.6 Å². The summed E-state index contributed by atoms with van der Waals surface area (Å²) in [4.78, 5) is 17.2. The number of hydrogen-bond acceptors (Lipinski definition) is 3. The van der Waals surface area contributed by atoms with E-state index in [1.165, 1.54) is 15.3 Å². The molecule has 0 unspecified atom stereocenters. The van der Waals surface area contributed by atoms with Crippen LogP contribution in [0.2, 0.25) is 0 Å². The molecule has 0 atom stereocenters. The number of thiophene rings is 2. The molecule has 0 saturated heterocycles. The van der Waals surface area contributed by atoms with Gasteiger partial charge in [0, 0.05) is 15.3 Å². The molecule has 0 bridgehead atoms. The summed E-state index contributed by atoms with van der Waals surface area (Å²) in [5.74, 6) is 0.0850. The van der Waals surface area contributed by atoms with Gasteiger partial charge in [0.2, 0.25) is 0 Å².